The van der Waals surface area contributed by atoms with Gasteiger partial charge in [0.2, 0.25) is 0 Å². The molecule has 0 spiro atoms. The number of hydrogen-bond acceptors (Lipinski definition) is 2. The van der Waals surface area contributed by atoms with Crippen molar-refractivity contribution < 1.29 is 14.0 Å². The SMILES string of the molecule is Cc1ccc(F)cc1N1C(=O)c2ccccc2C1=O. The average Bonchev–Trinajstić information content (AvgIpc) is 2.66. The summed E-state index contributed by atoms with van der Waals surface area (Å²) in [7, 11) is 0. The van der Waals surface area contributed by atoms with E-state index < -0.39 is 17.6 Å². The first kappa shape index (κ1) is 11.6. The van der Waals surface area contributed by atoms with Gasteiger partial charge in [0.1, 0.15) is 5.82 Å². The van der Waals surface area contributed by atoms with Gasteiger partial charge in [0.05, 0.1) is 16.8 Å². The van der Waals surface area contributed by atoms with Gasteiger partial charge in [0.15, 0.2) is 0 Å². The molecule has 3 rings (SSSR count). The molecule has 94 valence electrons. The number of amides is 2. The van der Waals surface area contributed by atoms with Crippen molar-refractivity contribution in [3.8, 4) is 0 Å². The highest BCUT2D eigenvalue weighted by molar-refractivity contribution is 6.34. The Balaban J connectivity index is 2.17. The minimum atomic E-state index is -0.475. The Hall–Kier alpha value is -2.49. The van der Waals surface area contributed by atoms with Crippen molar-refractivity contribution in [1.82, 2.24) is 0 Å². The quantitative estimate of drug-likeness (QED) is 0.735. The zero-order valence-corrected chi connectivity index (χ0v) is 10.2. The van der Waals surface area contributed by atoms with E-state index in [1.54, 1.807) is 37.3 Å². The summed E-state index contributed by atoms with van der Waals surface area (Å²) >= 11 is 0. The molecule has 0 unspecified atom stereocenters. The molecule has 3 nitrogen and oxygen atoms in total. The van der Waals surface area contributed by atoms with Crippen molar-refractivity contribution >= 4 is 17.5 Å². The molecule has 2 amide bonds. The fourth-order valence-electron chi connectivity index (χ4n) is 2.23. The van der Waals surface area contributed by atoms with Crippen LogP contribution in [0.2, 0.25) is 0 Å². The van der Waals surface area contributed by atoms with E-state index in [1.807, 2.05) is 0 Å². The van der Waals surface area contributed by atoms with Gasteiger partial charge in [-0.25, -0.2) is 9.29 Å². The van der Waals surface area contributed by atoms with Crippen LogP contribution in [0.1, 0.15) is 26.3 Å². The molecule has 2 aromatic rings. The van der Waals surface area contributed by atoms with E-state index in [9.17, 15) is 14.0 Å². The molecule has 4 heteroatoms. The van der Waals surface area contributed by atoms with Crippen LogP contribution in [0.5, 0.6) is 0 Å². The van der Waals surface area contributed by atoms with E-state index in [4.69, 9.17) is 0 Å². The summed E-state index contributed by atoms with van der Waals surface area (Å²) < 4.78 is 13.3. The number of anilines is 1. The van der Waals surface area contributed by atoms with E-state index in [2.05, 4.69) is 0 Å². The first-order valence-corrected chi connectivity index (χ1v) is 5.83. The molecule has 1 aliphatic rings. The van der Waals surface area contributed by atoms with Gasteiger partial charge >= 0.3 is 0 Å². The van der Waals surface area contributed by atoms with Crippen LogP contribution in [0.15, 0.2) is 42.5 Å². The van der Waals surface area contributed by atoms with Crippen LogP contribution < -0.4 is 4.90 Å². The van der Waals surface area contributed by atoms with Gasteiger partial charge in [-0.1, -0.05) is 18.2 Å². The molecule has 1 aliphatic heterocycles. The second-order valence-electron chi connectivity index (χ2n) is 4.42. The Bertz CT molecular complexity index is 674. The third kappa shape index (κ3) is 1.64. The zero-order valence-electron chi connectivity index (χ0n) is 10.2. The van der Waals surface area contributed by atoms with Crippen molar-refractivity contribution in [1.29, 1.82) is 0 Å². The van der Waals surface area contributed by atoms with Crippen LogP contribution in [-0.2, 0) is 0 Å². The third-order valence-electron chi connectivity index (χ3n) is 3.21. The third-order valence-corrected chi connectivity index (χ3v) is 3.21. The molecule has 0 radical (unpaired) electrons. The predicted molar refractivity (Wildman–Crippen MR) is 68.7 cm³/mol. The Morgan fingerprint density at radius 2 is 1.53 bits per heavy atom. The highest BCUT2D eigenvalue weighted by atomic mass is 19.1. The van der Waals surface area contributed by atoms with Gasteiger partial charge in [-0.2, -0.15) is 0 Å². The van der Waals surface area contributed by atoms with Gasteiger partial charge in [-0.3, -0.25) is 9.59 Å². The molecule has 1 heterocycles. The van der Waals surface area contributed by atoms with Crippen LogP contribution in [-0.4, -0.2) is 11.8 Å². The van der Waals surface area contributed by atoms with Crippen LogP contribution in [0.3, 0.4) is 0 Å². The number of aryl methyl sites for hydroxylation is 1. The maximum atomic E-state index is 13.3. The number of nitrogens with zero attached hydrogens (tertiary/aromatic N) is 1. The number of halogens is 1. The zero-order chi connectivity index (χ0) is 13.6. The van der Waals surface area contributed by atoms with E-state index in [-0.39, 0.29) is 0 Å². The van der Waals surface area contributed by atoms with Crippen LogP contribution >= 0.6 is 0 Å². The van der Waals surface area contributed by atoms with Crippen LogP contribution in [0.4, 0.5) is 10.1 Å². The summed E-state index contributed by atoms with van der Waals surface area (Å²) in [5, 5.41) is 0. The van der Waals surface area contributed by atoms with Crippen molar-refractivity contribution in [2.24, 2.45) is 0 Å². The molecule has 0 N–H and O–H groups in total. The van der Waals surface area contributed by atoms with Gasteiger partial charge in [0, 0.05) is 0 Å². The minimum absolute atomic E-state index is 0.297. The van der Waals surface area contributed by atoms with Crippen molar-refractivity contribution in [3.63, 3.8) is 0 Å². The number of rotatable bonds is 1. The van der Waals surface area contributed by atoms with Crippen molar-refractivity contribution in [2.75, 3.05) is 4.90 Å². The summed E-state index contributed by atoms with van der Waals surface area (Å²) in [5.41, 5.74) is 1.69. The minimum Gasteiger partial charge on any atom is -0.268 e. The van der Waals surface area contributed by atoms with E-state index in [0.717, 1.165) is 4.90 Å². The molecule has 0 fully saturated rings. The van der Waals surface area contributed by atoms with Gasteiger partial charge in [-0.05, 0) is 36.8 Å². The summed E-state index contributed by atoms with van der Waals surface area (Å²) in [5.74, 6) is -1.29. The maximum absolute atomic E-state index is 13.3. The maximum Gasteiger partial charge on any atom is 0.266 e. The number of carbonyl (C=O) groups is 2. The molecule has 2 aromatic carbocycles. The molecule has 0 atom stereocenters. The monoisotopic (exact) mass is 255 g/mol. The number of benzene rings is 2. The second-order valence-corrected chi connectivity index (χ2v) is 4.42. The molecule has 0 aliphatic carbocycles. The van der Waals surface area contributed by atoms with Crippen LogP contribution in [0.25, 0.3) is 0 Å². The van der Waals surface area contributed by atoms with Gasteiger partial charge < -0.3 is 0 Å². The molecule has 19 heavy (non-hydrogen) atoms. The number of imide groups is 1. The normalized spacial score (nSPS) is 13.9. The first-order valence-electron chi connectivity index (χ1n) is 5.83. The lowest BCUT2D eigenvalue weighted by molar-refractivity contribution is 0.0926. The number of carbonyl (C=O) groups excluding carboxylic acids is 2. The molecule has 0 saturated heterocycles. The van der Waals surface area contributed by atoms with E-state index in [1.165, 1.54) is 12.1 Å². The Morgan fingerprint density at radius 3 is 2.11 bits per heavy atom. The summed E-state index contributed by atoms with van der Waals surface area (Å²) in [4.78, 5) is 25.5. The van der Waals surface area contributed by atoms with Crippen molar-refractivity contribution in [2.45, 2.75) is 6.92 Å². The Labute approximate surface area is 109 Å². The van der Waals surface area contributed by atoms with Crippen LogP contribution in [0, 0.1) is 12.7 Å². The largest absolute Gasteiger partial charge is 0.268 e. The summed E-state index contributed by atoms with van der Waals surface area (Å²) in [6.45, 7) is 1.73. The Morgan fingerprint density at radius 1 is 0.947 bits per heavy atom. The van der Waals surface area contributed by atoms with Gasteiger partial charge in [-0.15, -0.1) is 0 Å². The fourth-order valence-corrected chi connectivity index (χ4v) is 2.23. The van der Waals surface area contributed by atoms with Crippen molar-refractivity contribution in [3.05, 3.63) is 65.0 Å². The predicted octanol–water partition coefficient (Wildman–Crippen LogP) is 2.93. The molecule has 0 aromatic heterocycles. The standard InChI is InChI=1S/C15H10FNO2/c1-9-6-7-10(16)8-13(9)17-14(18)11-4-2-3-5-12(11)15(17)19/h2-8H,1H3. The first-order chi connectivity index (χ1) is 9.09. The van der Waals surface area contributed by atoms with E-state index in [0.29, 0.717) is 22.4 Å². The Kier molecular flexibility index (Phi) is 2.45. The average molecular weight is 255 g/mol. The van der Waals surface area contributed by atoms with E-state index >= 15 is 0 Å². The topological polar surface area (TPSA) is 37.4 Å². The number of hydrogen-bond donors (Lipinski definition) is 0. The second kappa shape index (κ2) is 4.02. The molecular formula is C15H10FNO2. The highest BCUT2D eigenvalue weighted by Gasteiger charge is 2.36. The molecule has 0 bridgehead atoms. The lowest BCUT2D eigenvalue weighted by Crippen LogP contribution is -2.30. The molecule has 0 saturated carbocycles. The summed E-state index contributed by atoms with van der Waals surface area (Å²) in [6.07, 6.45) is 0. The smallest absolute Gasteiger partial charge is 0.266 e. The lowest BCUT2D eigenvalue weighted by atomic mass is 10.1. The number of fused-ring (bicyclic) bond motifs is 1. The van der Waals surface area contributed by atoms with Gasteiger partial charge in [0.25, 0.3) is 11.8 Å². The lowest BCUT2D eigenvalue weighted by Gasteiger charge is -2.16. The highest BCUT2D eigenvalue weighted by Crippen LogP contribution is 2.30. The fraction of sp³-hybridized carbons (Fsp3) is 0.0667. The molecular weight excluding hydrogens is 245 g/mol. The summed E-state index contributed by atoms with van der Waals surface area (Å²) in [6, 6.07) is 10.7.